The molecule has 1 aliphatic heterocycles. The Morgan fingerprint density at radius 2 is 2.33 bits per heavy atom. The molecule has 1 heterocycles. The van der Waals surface area contributed by atoms with Crippen LogP contribution in [0.5, 0.6) is 0 Å². The zero-order valence-electron chi connectivity index (χ0n) is 7.33. The molecule has 0 spiro atoms. The van der Waals surface area contributed by atoms with Gasteiger partial charge in [-0.3, -0.25) is 4.79 Å². The Kier molecular flexibility index (Phi) is 1.56. The number of carbonyl (C=O) groups excluding carboxylic acids is 1. The van der Waals surface area contributed by atoms with Crippen molar-refractivity contribution in [1.82, 2.24) is 0 Å². The third kappa shape index (κ3) is 0.986. The first-order valence-corrected chi connectivity index (χ1v) is 4.23. The summed E-state index contributed by atoms with van der Waals surface area (Å²) in [5.41, 5.74) is 2.43. The van der Waals surface area contributed by atoms with Gasteiger partial charge in [0.05, 0.1) is 6.42 Å². The lowest BCUT2D eigenvalue weighted by Crippen LogP contribution is -2.12. The molecule has 2 rings (SSSR count). The number of carbonyl (C=O) groups is 1. The van der Waals surface area contributed by atoms with Gasteiger partial charge in [0, 0.05) is 5.92 Å². The van der Waals surface area contributed by atoms with Gasteiger partial charge in [0.1, 0.15) is 6.10 Å². The second-order valence-electron chi connectivity index (χ2n) is 3.59. The molecule has 2 nitrogen and oxygen atoms in total. The summed E-state index contributed by atoms with van der Waals surface area (Å²) >= 11 is 0. The molecule has 0 unspecified atom stereocenters. The molecule has 2 aliphatic rings. The van der Waals surface area contributed by atoms with Gasteiger partial charge in [-0.2, -0.15) is 0 Å². The van der Waals surface area contributed by atoms with E-state index in [0.717, 1.165) is 0 Å². The predicted octanol–water partition coefficient (Wildman–Crippen LogP) is 1.82. The van der Waals surface area contributed by atoms with E-state index >= 15 is 0 Å². The van der Waals surface area contributed by atoms with Gasteiger partial charge < -0.3 is 4.74 Å². The molecular weight excluding hydrogens is 152 g/mol. The lowest BCUT2D eigenvalue weighted by molar-refractivity contribution is -0.140. The number of hydrogen-bond acceptors (Lipinski definition) is 2. The molecule has 0 N–H and O–H groups in total. The number of fused-ring (bicyclic) bond motifs is 1. The number of hydrogen-bond donors (Lipinski definition) is 0. The average molecular weight is 164 g/mol. The fraction of sp³-hybridized carbons (Fsp3) is 0.500. The van der Waals surface area contributed by atoms with Crippen molar-refractivity contribution in [2.45, 2.75) is 26.4 Å². The molecule has 1 saturated heterocycles. The van der Waals surface area contributed by atoms with Crippen LogP contribution in [0.15, 0.2) is 23.3 Å². The highest BCUT2D eigenvalue weighted by Gasteiger charge is 2.38. The zero-order chi connectivity index (χ0) is 8.72. The van der Waals surface area contributed by atoms with Gasteiger partial charge in [-0.15, -0.1) is 0 Å². The first-order chi connectivity index (χ1) is 5.68. The fourth-order valence-corrected chi connectivity index (χ4v) is 1.81. The molecule has 0 aromatic heterocycles. The summed E-state index contributed by atoms with van der Waals surface area (Å²) in [6.07, 6.45) is 4.75. The van der Waals surface area contributed by atoms with Crippen LogP contribution in [0.2, 0.25) is 0 Å². The smallest absolute Gasteiger partial charge is 0.307 e. The van der Waals surface area contributed by atoms with E-state index in [-0.39, 0.29) is 12.1 Å². The van der Waals surface area contributed by atoms with Crippen LogP contribution in [-0.2, 0) is 9.53 Å². The predicted molar refractivity (Wildman–Crippen MR) is 45.5 cm³/mol. The Labute approximate surface area is 71.9 Å². The highest BCUT2D eigenvalue weighted by molar-refractivity contribution is 5.74. The lowest BCUT2D eigenvalue weighted by Gasteiger charge is -2.10. The number of ether oxygens (including phenoxy) is 1. The van der Waals surface area contributed by atoms with Crippen LogP contribution >= 0.6 is 0 Å². The molecule has 0 bridgehead atoms. The van der Waals surface area contributed by atoms with E-state index in [9.17, 15) is 4.79 Å². The molecule has 1 aliphatic carbocycles. The maximum Gasteiger partial charge on any atom is 0.307 e. The Bertz CT molecular complexity index is 282. The molecule has 12 heavy (non-hydrogen) atoms. The Balaban J connectivity index is 2.30. The summed E-state index contributed by atoms with van der Waals surface area (Å²) in [5.74, 6) is 0.246. The van der Waals surface area contributed by atoms with Crippen LogP contribution < -0.4 is 0 Å². The molecule has 2 atom stereocenters. The molecule has 1 fully saturated rings. The van der Waals surface area contributed by atoms with Crippen molar-refractivity contribution in [2.75, 3.05) is 0 Å². The third-order valence-corrected chi connectivity index (χ3v) is 2.46. The molecule has 0 aromatic carbocycles. The molecule has 0 aromatic rings. The highest BCUT2D eigenvalue weighted by Crippen LogP contribution is 2.36. The fourth-order valence-electron chi connectivity index (χ4n) is 1.81. The van der Waals surface area contributed by atoms with Gasteiger partial charge in [0.25, 0.3) is 0 Å². The van der Waals surface area contributed by atoms with Crippen LogP contribution in [-0.4, -0.2) is 12.1 Å². The van der Waals surface area contributed by atoms with Crippen LogP contribution in [0, 0.1) is 5.92 Å². The van der Waals surface area contributed by atoms with Crippen molar-refractivity contribution in [3.63, 3.8) is 0 Å². The van der Waals surface area contributed by atoms with Crippen molar-refractivity contribution < 1.29 is 9.53 Å². The largest absolute Gasteiger partial charge is 0.457 e. The first kappa shape index (κ1) is 7.59. The second kappa shape index (κ2) is 2.47. The van der Waals surface area contributed by atoms with Gasteiger partial charge in [-0.25, -0.2) is 0 Å². The van der Waals surface area contributed by atoms with Gasteiger partial charge in [-0.05, 0) is 19.4 Å². The molecule has 2 heteroatoms. The number of rotatable bonds is 0. The van der Waals surface area contributed by atoms with Gasteiger partial charge in [0.2, 0.25) is 0 Å². The minimum atomic E-state index is -0.0619. The minimum absolute atomic E-state index is 0.0301. The van der Waals surface area contributed by atoms with Crippen molar-refractivity contribution in [2.24, 2.45) is 5.92 Å². The summed E-state index contributed by atoms with van der Waals surface area (Å²) in [4.78, 5) is 10.9. The van der Waals surface area contributed by atoms with Crippen molar-refractivity contribution in [3.8, 4) is 0 Å². The van der Waals surface area contributed by atoms with E-state index in [1.807, 2.05) is 13.8 Å². The van der Waals surface area contributed by atoms with Crippen LogP contribution in [0.3, 0.4) is 0 Å². The lowest BCUT2D eigenvalue weighted by atomic mass is 10.0. The molecule has 0 amide bonds. The number of esters is 1. The van der Waals surface area contributed by atoms with Gasteiger partial charge >= 0.3 is 5.97 Å². The van der Waals surface area contributed by atoms with E-state index < -0.39 is 0 Å². The second-order valence-corrected chi connectivity index (χ2v) is 3.59. The maximum absolute atomic E-state index is 10.9. The van der Waals surface area contributed by atoms with E-state index in [4.69, 9.17) is 4.74 Å². The Morgan fingerprint density at radius 3 is 3.00 bits per heavy atom. The number of allylic oxidation sites excluding steroid dienone is 1. The first-order valence-electron chi connectivity index (χ1n) is 4.23. The monoisotopic (exact) mass is 164 g/mol. The normalized spacial score (nSPS) is 32.2. The van der Waals surface area contributed by atoms with E-state index in [1.54, 1.807) is 0 Å². The van der Waals surface area contributed by atoms with Crippen LogP contribution in [0.25, 0.3) is 0 Å². The minimum Gasteiger partial charge on any atom is -0.457 e. The maximum atomic E-state index is 10.9. The van der Waals surface area contributed by atoms with E-state index in [1.165, 1.54) is 11.1 Å². The Morgan fingerprint density at radius 1 is 1.58 bits per heavy atom. The quantitative estimate of drug-likeness (QED) is 0.510. The standard InChI is InChI=1S/C10H12O2/c1-6(2)8-4-3-7-5-9(11)12-10(7)8/h3-4,7,10H,5H2,1-2H3/t7-,10+/m0/s1. The zero-order valence-corrected chi connectivity index (χ0v) is 7.33. The van der Waals surface area contributed by atoms with Crippen molar-refractivity contribution in [1.29, 1.82) is 0 Å². The van der Waals surface area contributed by atoms with Gasteiger partial charge in [0.15, 0.2) is 0 Å². The summed E-state index contributed by atoms with van der Waals surface area (Å²) < 4.78 is 5.20. The van der Waals surface area contributed by atoms with Crippen molar-refractivity contribution in [3.05, 3.63) is 23.3 Å². The third-order valence-electron chi connectivity index (χ3n) is 2.46. The van der Waals surface area contributed by atoms with Crippen LogP contribution in [0.1, 0.15) is 20.3 Å². The molecule has 64 valence electrons. The summed E-state index contributed by atoms with van der Waals surface area (Å²) in [7, 11) is 0. The van der Waals surface area contributed by atoms with E-state index in [2.05, 4.69) is 12.2 Å². The van der Waals surface area contributed by atoms with Crippen molar-refractivity contribution >= 4 is 5.97 Å². The average Bonchev–Trinajstić information content (AvgIpc) is 2.43. The van der Waals surface area contributed by atoms with Gasteiger partial charge in [-0.1, -0.05) is 17.7 Å². The topological polar surface area (TPSA) is 26.3 Å². The molecule has 0 saturated carbocycles. The van der Waals surface area contributed by atoms with E-state index in [0.29, 0.717) is 12.3 Å². The summed E-state index contributed by atoms with van der Waals surface area (Å²) in [6.45, 7) is 4.10. The molecule has 0 radical (unpaired) electrons. The summed E-state index contributed by atoms with van der Waals surface area (Å²) in [6, 6.07) is 0. The Hall–Kier alpha value is -1.05. The highest BCUT2D eigenvalue weighted by atomic mass is 16.6. The summed E-state index contributed by atoms with van der Waals surface area (Å²) in [5, 5.41) is 0. The molecular formula is C10H12O2. The SMILES string of the molecule is CC(C)=C1C=C[C@H]2CC(=O)O[C@@H]12. The van der Waals surface area contributed by atoms with Crippen LogP contribution in [0.4, 0.5) is 0 Å².